The minimum atomic E-state index is -0.448. The van der Waals surface area contributed by atoms with Crippen LogP contribution in [0.5, 0.6) is 0 Å². The third-order valence-electron chi connectivity index (χ3n) is 4.20. The molecule has 17 heavy (non-hydrogen) atoms. The number of aromatic amines is 1. The summed E-state index contributed by atoms with van der Waals surface area (Å²) in [6.45, 7) is 1.65. The van der Waals surface area contributed by atoms with E-state index in [9.17, 15) is 5.11 Å². The molecule has 3 rings (SSSR count). The monoisotopic (exact) mass is 237 g/mol. The second-order valence-electron chi connectivity index (χ2n) is 5.26. The average molecular weight is 237 g/mol. The first-order valence-electron chi connectivity index (χ1n) is 6.33. The van der Waals surface area contributed by atoms with Crippen LogP contribution in [0.1, 0.15) is 32.1 Å². The van der Waals surface area contributed by atoms with E-state index in [1.165, 1.54) is 6.42 Å². The molecule has 1 saturated heterocycles. The van der Waals surface area contributed by atoms with Gasteiger partial charge in [-0.1, -0.05) is 12.8 Å². The molecule has 2 unspecified atom stereocenters. The minimum absolute atomic E-state index is 0.351. The second kappa shape index (κ2) is 3.87. The zero-order valence-electron chi connectivity index (χ0n) is 9.89. The fourth-order valence-electron chi connectivity index (χ4n) is 3.16. The molecule has 0 radical (unpaired) electrons. The number of anilines is 2. The molecule has 0 aromatic carbocycles. The summed E-state index contributed by atoms with van der Waals surface area (Å²) >= 11 is 0. The van der Waals surface area contributed by atoms with Crippen molar-refractivity contribution < 1.29 is 5.11 Å². The van der Waals surface area contributed by atoms with Gasteiger partial charge in [-0.3, -0.25) is 0 Å². The summed E-state index contributed by atoms with van der Waals surface area (Å²) in [7, 11) is 0. The summed E-state index contributed by atoms with van der Waals surface area (Å²) in [6.07, 6.45) is 5.23. The van der Waals surface area contributed by atoms with Gasteiger partial charge in [0.2, 0.25) is 11.9 Å². The molecule has 0 amide bonds. The maximum Gasteiger partial charge on any atom is 0.246 e. The second-order valence-corrected chi connectivity index (χ2v) is 5.26. The molecule has 4 N–H and O–H groups in total. The van der Waals surface area contributed by atoms with Crippen molar-refractivity contribution in [3.63, 3.8) is 0 Å². The molecule has 2 atom stereocenters. The van der Waals surface area contributed by atoms with Gasteiger partial charge in [-0.15, -0.1) is 5.10 Å². The molecule has 1 aliphatic carbocycles. The van der Waals surface area contributed by atoms with Gasteiger partial charge in [-0.25, -0.2) is 5.10 Å². The largest absolute Gasteiger partial charge is 0.389 e. The van der Waals surface area contributed by atoms with Crippen LogP contribution in [0.3, 0.4) is 0 Å². The van der Waals surface area contributed by atoms with E-state index in [2.05, 4.69) is 20.1 Å². The number of aliphatic hydroxyl groups is 1. The Bertz CT molecular complexity index is 406. The van der Waals surface area contributed by atoms with Crippen LogP contribution in [0.4, 0.5) is 11.9 Å². The predicted molar refractivity (Wildman–Crippen MR) is 64.5 cm³/mol. The quantitative estimate of drug-likeness (QED) is 0.662. The Balaban J connectivity index is 1.75. The highest BCUT2D eigenvalue weighted by Gasteiger charge is 2.43. The van der Waals surface area contributed by atoms with Crippen molar-refractivity contribution in [1.82, 2.24) is 15.2 Å². The van der Waals surface area contributed by atoms with Crippen molar-refractivity contribution in [3.8, 4) is 0 Å². The molecule has 0 spiro atoms. The predicted octanol–water partition coefficient (Wildman–Crippen LogP) is 0.518. The van der Waals surface area contributed by atoms with Gasteiger partial charge in [-0.2, -0.15) is 4.98 Å². The van der Waals surface area contributed by atoms with Crippen molar-refractivity contribution >= 4 is 11.9 Å². The molecule has 6 nitrogen and oxygen atoms in total. The van der Waals surface area contributed by atoms with Crippen molar-refractivity contribution in [1.29, 1.82) is 0 Å². The smallest absolute Gasteiger partial charge is 0.246 e. The van der Waals surface area contributed by atoms with Crippen LogP contribution in [-0.2, 0) is 0 Å². The summed E-state index contributed by atoms with van der Waals surface area (Å²) in [4.78, 5) is 6.27. The Morgan fingerprint density at radius 2 is 2.29 bits per heavy atom. The molecule has 1 aromatic heterocycles. The highest BCUT2D eigenvalue weighted by Crippen LogP contribution is 2.40. The molecule has 2 heterocycles. The SMILES string of the molecule is Nc1nc(N2CCC3(O)CCCCC3C2)n[nH]1. The molecule has 2 fully saturated rings. The van der Waals surface area contributed by atoms with Gasteiger partial charge in [0.25, 0.3) is 0 Å². The van der Waals surface area contributed by atoms with E-state index < -0.39 is 5.60 Å². The first-order chi connectivity index (χ1) is 8.17. The van der Waals surface area contributed by atoms with Gasteiger partial charge in [0, 0.05) is 19.0 Å². The number of H-pyrrole nitrogens is 1. The lowest BCUT2D eigenvalue weighted by Gasteiger charge is -2.47. The van der Waals surface area contributed by atoms with Gasteiger partial charge >= 0.3 is 0 Å². The molecule has 1 saturated carbocycles. The van der Waals surface area contributed by atoms with Crippen LogP contribution >= 0.6 is 0 Å². The highest BCUT2D eigenvalue weighted by atomic mass is 16.3. The first-order valence-corrected chi connectivity index (χ1v) is 6.33. The number of nitrogens with two attached hydrogens (primary N) is 1. The molecule has 94 valence electrons. The normalized spacial score (nSPS) is 33.5. The number of nitrogens with one attached hydrogen (secondary N) is 1. The van der Waals surface area contributed by atoms with Crippen molar-refractivity contribution in [2.24, 2.45) is 5.92 Å². The van der Waals surface area contributed by atoms with Crippen LogP contribution < -0.4 is 10.6 Å². The fourth-order valence-corrected chi connectivity index (χ4v) is 3.16. The topological polar surface area (TPSA) is 91.1 Å². The zero-order chi connectivity index (χ0) is 11.9. The lowest BCUT2D eigenvalue weighted by atomic mass is 9.71. The number of aromatic nitrogens is 3. The van der Waals surface area contributed by atoms with Crippen LogP contribution in [0.15, 0.2) is 0 Å². The number of fused-ring (bicyclic) bond motifs is 1. The van der Waals surface area contributed by atoms with E-state index in [-0.39, 0.29) is 0 Å². The third kappa shape index (κ3) is 1.86. The van der Waals surface area contributed by atoms with Gasteiger partial charge in [0.1, 0.15) is 0 Å². The van der Waals surface area contributed by atoms with Gasteiger partial charge < -0.3 is 15.7 Å². The van der Waals surface area contributed by atoms with Gasteiger partial charge in [0.05, 0.1) is 5.60 Å². The van der Waals surface area contributed by atoms with Crippen molar-refractivity contribution in [2.45, 2.75) is 37.7 Å². The molecular formula is C11H19N5O. The minimum Gasteiger partial charge on any atom is -0.389 e. The van der Waals surface area contributed by atoms with E-state index in [1.807, 2.05) is 0 Å². The number of piperidine rings is 1. The summed E-state index contributed by atoms with van der Waals surface area (Å²) < 4.78 is 0. The Kier molecular flexibility index (Phi) is 2.47. The Morgan fingerprint density at radius 3 is 3.06 bits per heavy atom. The maximum atomic E-state index is 10.6. The third-order valence-corrected chi connectivity index (χ3v) is 4.20. The number of nitrogens with zero attached hydrogens (tertiary/aromatic N) is 3. The van der Waals surface area contributed by atoms with Crippen LogP contribution in [-0.4, -0.2) is 39.0 Å². The highest BCUT2D eigenvalue weighted by molar-refractivity contribution is 5.35. The van der Waals surface area contributed by atoms with Gasteiger partial charge in [-0.05, 0) is 19.3 Å². The van der Waals surface area contributed by atoms with E-state index in [4.69, 9.17) is 5.73 Å². The summed E-state index contributed by atoms with van der Waals surface area (Å²) in [5.74, 6) is 1.37. The van der Waals surface area contributed by atoms with E-state index >= 15 is 0 Å². The van der Waals surface area contributed by atoms with Crippen LogP contribution in [0.25, 0.3) is 0 Å². The van der Waals surface area contributed by atoms with E-state index in [0.29, 0.717) is 17.8 Å². The lowest BCUT2D eigenvalue weighted by Crippen LogP contribution is -2.53. The van der Waals surface area contributed by atoms with Crippen molar-refractivity contribution in [3.05, 3.63) is 0 Å². The van der Waals surface area contributed by atoms with Crippen LogP contribution in [0.2, 0.25) is 0 Å². The van der Waals surface area contributed by atoms with Gasteiger partial charge in [0.15, 0.2) is 0 Å². The zero-order valence-corrected chi connectivity index (χ0v) is 9.89. The summed E-state index contributed by atoms with van der Waals surface area (Å²) in [5.41, 5.74) is 5.09. The molecule has 1 aliphatic heterocycles. The number of hydrogen-bond donors (Lipinski definition) is 3. The first kappa shape index (κ1) is 10.8. The molecular weight excluding hydrogens is 218 g/mol. The molecule has 6 heteroatoms. The Labute approximate surface area is 100 Å². The van der Waals surface area contributed by atoms with E-state index in [0.717, 1.165) is 38.8 Å². The Morgan fingerprint density at radius 1 is 1.41 bits per heavy atom. The Hall–Kier alpha value is -1.30. The van der Waals surface area contributed by atoms with E-state index in [1.54, 1.807) is 0 Å². The average Bonchev–Trinajstić information content (AvgIpc) is 2.75. The maximum absolute atomic E-state index is 10.6. The molecule has 2 aliphatic rings. The number of rotatable bonds is 1. The lowest BCUT2D eigenvalue weighted by molar-refractivity contribution is -0.0614. The molecule has 1 aromatic rings. The number of nitrogen functional groups attached to an aromatic ring is 1. The van der Waals surface area contributed by atoms with Crippen LogP contribution in [0, 0.1) is 5.92 Å². The summed E-state index contributed by atoms with van der Waals surface area (Å²) in [6, 6.07) is 0. The standard InChI is InChI=1S/C11H19N5O/c12-9-13-10(15-14-9)16-6-5-11(17)4-2-1-3-8(11)7-16/h8,17H,1-7H2,(H3,12,13,14,15). The van der Waals surface area contributed by atoms with Crippen molar-refractivity contribution in [2.75, 3.05) is 23.7 Å². The fraction of sp³-hybridized carbons (Fsp3) is 0.818. The molecule has 0 bridgehead atoms. The number of hydrogen-bond acceptors (Lipinski definition) is 5. The summed E-state index contributed by atoms with van der Waals surface area (Å²) in [5, 5.41) is 17.3.